The van der Waals surface area contributed by atoms with E-state index < -0.39 is 0 Å². The van der Waals surface area contributed by atoms with E-state index in [2.05, 4.69) is 51.2 Å². The Bertz CT molecular complexity index is 714. The van der Waals surface area contributed by atoms with Crippen LogP contribution in [0.25, 0.3) is 10.6 Å². The van der Waals surface area contributed by atoms with Crippen molar-refractivity contribution in [2.45, 2.75) is 30.8 Å². The van der Waals surface area contributed by atoms with Gasteiger partial charge in [0.1, 0.15) is 5.01 Å². The smallest absolute Gasteiger partial charge is 0.222 e. The molecule has 0 saturated heterocycles. The SMILES string of the molecule is CC(C)n1c(N)nnc1SCc1csc(-c2ccsc2)n1. The number of hydrogen-bond acceptors (Lipinski definition) is 7. The Labute approximate surface area is 135 Å². The molecule has 0 fully saturated rings. The Balaban J connectivity index is 1.71. The molecular formula is C13H15N5S3. The summed E-state index contributed by atoms with van der Waals surface area (Å²) in [5.74, 6) is 1.23. The first kappa shape index (κ1) is 14.6. The number of thioether (sulfide) groups is 1. The number of thiophene rings is 1. The monoisotopic (exact) mass is 337 g/mol. The summed E-state index contributed by atoms with van der Waals surface area (Å²) < 4.78 is 1.94. The third kappa shape index (κ3) is 3.12. The standard InChI is InChI=1S/C13H15N5S3/c1-8(2)18-12(14)16-17-13(18)21-7-10-6-20-11(15-10)9-3-4-19-5-9/h3-6,8H,7H2,1-2H3,(H2,14,16). The molecule has 0 aromatic carbocycles. The largest absolute Gasteiger partial charge is 0.368 e. The first-order valence-corrected chi connectivity index (χ1v) is 9.26. The summed E-state index contributed by atoms with van der Waals surface area (Å²) >= 11 is 4.98. The van der Waals surface area contributed by atoms with E-state index in [-0.39, 0.29) is 6.04 Å². The zero-order valence-electron chi connectivity index (χ0n) is 11.7. The van der Waals surface area contributed by atoms with E-state index in [1.807, 2.05) is 4.57 Å². The lowest BCUT2D eigenvalue weighted by Crippen LogP contribution is -2.07. The van der Waals surface area contributed by atoms with E-state index in [1.54, 1.807) is 34.4 Å². The molecule has 3 aromatic heterocycles. The second-order valence-electron chi connectivity index (χ2n) is 4.75. The molecule has 0 aliphatic carbocycles. The number of nitrogen functional groups attached to an aromatic ring is 1. The van der Waals surface area contributed by atoms with E-state index in [1.165, 1.54) is 5.56 Å². The lowest BCUT2D eigenvalue weighted by Gasteiger charge is -2.10. The number of aromatic nitrogens is 4. The summed E-state index contributed by atoms with van der Waals surface area (Å²) in [6.07, 6.45) is 0. The molecule has 0 atom stereocenters. The summed E-state index contributed by atoms with van der Waals surface area (Å²) in [6.45, 7) is 4.14. The van der Waals surface area contributed by atoms with Crippen LogP contribution in [0.15, 0.2) is 27.4 Å². The summed E-state index contributed by atoms with van der Waals surface area (Å²) in [5.41, 5.74) is 8.09. The van der Waals surface area contributed by atoms with Crippen LogP contribution in [-0.4, -0.2) is 19.7 Å². The molecule has 8 heteroatoms. The highest BCUT2D eigenvalue weighted by atomic mass is 32.2. The third-order valence-electron chi connectivity index (χ3n) is 2.88. The van der Waals surface area contributed by atoms with E-state index in [9.17, 15) is 0 Å². The van der Waals surface area contributed by atoms with E-state index in [0.29, 0.717) is 5.95 Å². The zero-order chi connectivity index (χ0) is 14.8. The summed E-state index contributed by atoms with van der Waals surface area (Å²) in [5, 5.41) is 16.3. The highest BCUT2D eigenvalue weighted by Crippen LogP contribution is 2.29. The molecule has 0 amide bonds. The maximum absolute atomic E-state index is 5.84. The quantitative estimate of drug-likeness (QED) is 0.715. The molecule has 110 valence electrons. The van der Waals surface area contributed by atoms with E-state index >= 15 is 0 Å². The molecule has 21 heavy (non-hydrogen) atoms. The lowest BCUT2D eigenvalue weighted by atomic mass is 10.4. The average Bonchev–Trinajstić information content (AvgIpc) is 3.16. The van der Waals surface area contributed by atoms with Gasteiger partial charge in [-0.3, -0.25) is 4.57 Å². The molecule has 0 saturated carbocycles. The number of nitrogens with zero attached hydrogens (tertiary/aromatic N) is 4. The molecule has 3 aromatic rings. The molecule has 3 heterocycles. The summed E-state index contributed by atoms with van der Waals surface area (Å²) in [7, 11) is 0. The van der Waals surface area contributed by atoms with Crippen LogP contribution < -0.4 is 5.73 Å². The van der Waals surface area contributed by atoms with Gasteiger partial charge in [0.05, 0.1) is 5.69 Å². The molecule has 0 bridgehead atoms. The Morgan fingerprint density at radius 1 is 1.33 bits per heavy atom. The average molecular weight is 337 g/mol. The second-order valence-corrected chi connectivity index (χ2v) is 7.33. The van der Waals surface area contributed by atoms with Gasteiger partial charge in [0.25, 0.3) is 0 Å². The van der Waals surface area contributed by atoms with Gasteiger partial charge in [-0.1, -0.05) is 11.8 Å². The molecule has 0 radical (unpaired) electrons. The van der Waals surface area contributed by atoms with Gasteiger partial charge in [0, 0.05) is 28.1 Å². The van der Waals surface area contributed by atoms with Crippen molar-refractivity contribution in [2.75, 3.05) is 5.73 Å². The minimum atomic E-state index is 0.249. The van der Waals surface area contributed by atoms with Crippen molar-refractivity contribution in [1.82, 2.24) is 19.7 Å². The fraction of sp³-hybridized carbons (Fsp3) is 0.308. The van der Waals surface area contributed by atoms with Crippen LogP contribution in [0.1, 0.15) is 25.6 Å². The Kier molecular flexibility index (Phi) is 4.27. The predicted molar refractivity (Wildman–Crippen MR) is 89.8 cm³/mol. The van der Waals surface area contributed by atoms with Crippen molar-refractivity contribution < 1.29 is 0 Å². The molecule has 0 aliphatic heterocycles. The van der Waals surface area contributed by atoms with Gasteiger partial charge >= 0.3 is 0 Å². The maximum Gasteiger partial charge on any atom is 0.222 e. The van der Waals surface area contributed by atoms with Gasteiger partial charge in [-0.15, -0.1) is 21.5 Å². The number of rotatable bonds is 5. The second kappa shape index (κ2) is 6.17. The Morgan fingerprint density at radius 3 is 2.90 bits per heavy atom. The van der Waals surface area contributed by atoms with Crippen LogP contribution in [0.4, 0.5) is 5.95 Å². The Morgan fingerprint density at radius 2 is 2.19 bits per heavy atom. The molecule has 0 unspecified atom stereocenters. The third-order valence-corrected chi connectivity index (χ3v) is 5.48. The zero-order valence-corrected chi connectivity index (χ0v) is 14.1. The fourth-order valence-corrected chi connectivity index (χ4v) is 4.51. The van der Waals surface area contributed by atoms with E-state index in [0.717, 1.165) is 21.6 Å². The highest BCUT2D eigenvalue weighted by molar-refractivity contribution is 7.98. The van der Waals surface area contributed by atoms with Gasteiger partial charge in [-0.25, -0.2) is 4.98 Å². The molecule has 5 nitrogen and oxygen atoms in total. The number of anilines is 1. The predicted octanol–water partition coefficient (Wildman–Crippen LogP) is 3.92. The van der Waals surface area contributed by atoms with Crippen LogP contribution in [0.5, 0.6) is 0 Å². The minimum Gasteiger partial charge on any atom is -0.368 e. The van der Waals surface area contributed by atoms with Crippen LogP contribution in [0.2, 0.25) is 0 Å². The van der Waals surface area contributed by atoms with Crippen molar-refractivity contribution in [1.29, 1.82) is 0 Å². The van der Waals surface area contributed by atoms with Gasteiger partial charge < -0.3 is 5.73 Å². The van der Waals surface area contributed by atoms with Crippen molar-refractivity contribution in [3.63, 3.8) is 0 Å². The topological polar surface area (TPSA) is 69.6 Å². The molecule has 0 spiro atoms. The minimum absolute atomic E-state index is 0.249. The van der Waals surface area contributed by atoms with Crippen molar-refractivity contribution >= 4 is 40.4 Å². The van der Waals surface area contributed by atoms with Crippen molar-refractivity contribution in [3.05, 3.63) is 27.9 Å². The van der Waals surface area contributed by atoms with Gasteiger partial charge in [0.15, 0.2) is 5.16 Å². The van der Waals surface area contributed by atoms with Gasteiger partial charge in [-0.05, 0) is 25.3 Å². The molecule has 0 aliphatic rings. The van der Waals surface area contributed by atoms with Crippen LogP contribution >= 0.6 is 34.4 Å². The first-order chi connectivity index (χ1) is 10.1. The van der Waals surface area contributed by atoms with E-state index in [4.69, 9.17) is 5.73 Å². The summed E-state index contributed by atoms with van der Waals surface area (Å²) in [4.78, 5) is 4.66. The molecule has 3 rings (SSSR count). The van der Waals surface area contributed by atoms with Crippen LogP contribution in [-0.2, 0) is 5.75 Å². The van der Waals surface area contributed by atoms with Crippen molar-refractivity contribution in [3.8, 4) is 10.6 Å². The number of hydrogen-bond donors (Lipinski definition) is 1. The van der Waals surface area contributed by atoms with Crippen molar-refractivity contribution in [2.24, 2.45) is 0 Å². The first-order valence-electron chi connectivity index (χ1n) is 6.45. The number of nitrogens with two attached hydrogens (primary N) is 1. The number of thiazole rings is 1. The maximum atomic E-state index is 5.84. The van der Waals surface area contributed by atoms with Crippen LogP contribution in [0, 0.1) is 0 Å². The summed E-state index contributed by atoms with van der Waals surface area (Å²) in [6, 6.07) is 2.34. The normalized spacial score (nSPS) is 11.4. The lowest BCUT2D eigenvalue weighted by molar-refractivity contribution is 0.557. The highest BCUT2D eigenvalue weighted by Gasteiger charge is 2.14. The van der Waals surface area contributed by atoms with Gasteiger partial charge in [0.2, 0.25) is 5.95 Å². The fourth-order valence-electron chi connectivity index (χ4n) is 1.90. The molecular weight excluding hydrogens is 322 g/mol. The molecule has 2 N–H and O–H groups in total. The van der Waals surface area contributed by atoms with Gasteiger partial charge in [-0.2, -0.15) is 11.3 Å². The van der Waals surface area contributed by atoms with Crippen LogP contribution in [0.3, 0.4) is 0 Å². The Hall–Kier alpha value is -1.38.